The summed E-state index contributed by atoms with van der Waals surface area (Å²) in [5.41, 5.74) is 6.85. The molecule has 0 unspecified atom stereocenters. The molecule has 1 aromatic carbocycles. The third-order valence-corrected chi connectivity index (χ3v) is 3.58. The van der Waals surface area contributed by atoms with Gasteiger partial charge < -0.3 is 15.7 Å². The Labute approximate surface area is 116 Å². The van der Waals surface area contributed by atoms with Crippen molar-refractivity contribution in [3.63, 3.8) is 0 Å². The van der Waals surface area contributed by atoms with Gasteiger partial charge in [-0.3, -0.25) is 4.79 Å². The van der Waals surface area contributed by atoms with Crippen molar-refractivity contribution in [2.45, 2.75) is 19.8 Å². The second-order valence-electron chi connectivity index (χ2n) is 4.08. The highest BCUT2D eigenvalue weighted by molar-refractivity contribution is 9.10. The first-order valence-corrected chi connectivity index (χ1v) is 6.85. The Morgan fingerprint density at radius 2 is 2.17 bits per heavy atom. The molecule has 4 nitrogen and oxygen atoms in total. The van der Waals surface area contributed by atoms with Gasteiger partial charge in [-0.05, 0) is 34.5 Å². The van der Waals surface area contributed by atoms with Crippen LogP contribution in [0.25, 0.3) is 0 Å². The molecule has 0 aliphatic heterocycles. The summed E-state index contributed by atoms with van der Waals surface area (Å²) in [7, 11) is 0. The summed E-state index contributed by atoms with van der Waals surface area (Å²) in [6, 6.07) is 5.23. The summed E-state index contributed by atoms with van der Waals surface area (Å²) in [4.78, 5) is 14.0. The van der Waals surface area contributed by atoms with Crippen LogP contribution in [0.5, 0.6) is 0 Å². The largest absolute Gasteiger partial charge is 0.398 e. The van der Waals surface area contributed by atoms with Gasteiger partial charge in [0, 0.05) is 18.8 Å². The van der Waals surface area contributed by atoms with Crippen LogP contribution in [0.1, 0.15) is 30.1 Å². The third kappa shape index (κ3) is 3.71. The topological polar surface area (TPSA) is 66.6 Å². The number of carbonyl (C=O) groups is 1. The van der Waals surface area contributed by atoms with Crippen molar-refractivity contribution < 1.29 is 9.90 Å². The first-order valence-electron chi connectivity index (χ1n) is 6.06. The highest BCUT2D eigenvalue weighted by Gasteiger charge is 2.18. The third-order valence-electron chi connectivity index (χ3n) is 2.70. The van der Waals surface area contributed by atoms with E-state index in [1.807, 2.05) is 0 Å². The molecule has 0 saturated heterocycles. The molecule has 0 heterocycles. The van der Waals surface area contributed by atoms with E-state index in [2.05, 4.69) is 22.9 Å². The molecule has 0 spiro atoms. The van der Waals surface area contributed by atoms with Crippen LogP contribution in [0.15, 0.2) is 22.7 Å². The molecule has 0 atom stereocenters. The SMILES string of the molecule is CCCCN(CCO)C(=O)c1cccc(N)c1Br. The van der Waals surface area contributed by atoms with E-state index < -0.39 is 0 Å². The lowest BCUT2D eigenvalue weighted by atomic mass is 10.1. The number of hydrogen-bond acceptors (Lipinski definition) is 3. The fourth-order valence-electron chi connectivity index (χ4n) is 1.67. The maximum atomic E-state index is 12.3. The summed E-state index contributed by atoms with van der Waals surface area (Å²) in [6.07, 6.45) is 1.93. The number of nitrogens with zero attached hydrogens (tertiary/aromatic N) is 1. The average molecular weight is 315 g/mol. The number of hydrogen-bond donors (Lipinski definition) is 2. The molecule has 3 N–H and O–H groups in total. The second kappa shape index (κ2) is 7.38. The number of amides is 1. The Balaban J connectivity index is 2.90. The normalized spacial score (nSPS) is 10.4. The van der Waals surface area contributed by atoms with Crippen LogP contribution in [-0.2, 0) is 0 Å². The predicted molar refractivity (Wildman–Crippen MR) is 76.5 cm³/mol. The average Bonchev–Trinajstić information content (AvgIpc) is 2.37. The van der Waals surface area contributed by atoms with E-state index in [1.54, 1.807) is 23.1 Å². The minimum Gasteiger partial charge on any atom is -0.398 e. The lowest BCUT2D eigenvalue weighted by Crippen LogP contribution is -2.34. The molecule has 0 radical (unpaired) electrons. The number of anilines is 1. The van der Waals surface area contributed by atoms with E-state index in [1.165, 1.54) is 0 Å². The minimum absolute atomic E-state index is 0.0324. The standard InChI is InChI=1S/C13H19BrN2O2/c1-2-3-7-16(8-9-17)13(18)10-5-4-6-11(15)12(10)14/h4-6,17H,2-3,7-9,15H2,1H3. The number of unbranched alkanes of at least 4 members (excludes halogenated alkanes) is 1. The van der Waals surface area contributed by atoms with Gasteiger partial charge in [-0.25, -0.2) is 0 Å². The first kappa shape index (κ1) is 15.0. The molecule has 0 aromatic heterocycles. The van der Waals surface area contributed by atoms with Crippen molar-refractivity contribution in [1.82, 2.24) is 4.90 Å². The predicted octanol–water partition coefficient (Wildman–Crippen LogP) is 2.27. The summed E-state index contributed by atoms with van der Waals surface area (Å²) in [5.74, 6) is -0.100. The van der Waals surface area contributed by atoms with E-state index in [9.17, 15) is 4.79 Å². The number of aliphatic hydroxyl groups excluding tert-OH is 1. The van der Waals surface area contributed by atoms with Crippen LogP contribution in [0, 0.1) is 0 Å². The van der Waals surface area contributed by atoms with E-state index in [0.717, 1.165) is 12.8 Å². The van der Waals surface area contributed by atoms with Crippen molar-refractivity contribution in [1.29, 1.82) is 0 Å². The Morgan fingerprint density at radius 3 is 2.78 bits per heavy atom. The minimum atomic E-state index is -0.100. The molecular formula is C13H19BrN2O2. The number of halogens is 1. The van der Waals surface area contributed by atoms with Crippen molar-refractivity contribution in [3.8, 4) is 0 Å². The quantitative estimate of drug-likeness (QED) is 0.791. The highest BCUT2D eigenvalue weighted by atomic mass is 79.9. The number of benzene rings is 1. The summed E-state index contributed by atoms with van der Waals surface area (Å²) >= 11 is 3.33. The van der Waals surface area contributed by atoms with Gasteiger partial charge in [0.25, 0.3) is 5.91 Å². The van der Waals surface area contributed by atoms with E-state index >= 15 is 0 Å². The van der Waals surface area contributed by atoms with Gasteiger partial charge in [-0.1, -0.05) is 19.4 Å². The Kier molecular flexibility index (Phi) is 6.15. The van der Waals surface area contributed by atoms with Crippen molar-refractivity contribution >= 4 is 27.5 Å². The fourth-order valence-corrected chi connectivity index (χ4v) is 2.10. The number of nitrogens with two attached hydrogens (primary N) is 1. The van der Waals surface area contributed by atoms with Crippen LogP contribution in [0.4, 0.5) is 5.69 Å². The number of rotatable bonds is 6. The van der Waals surface area contributed by atoms with Crippen LogP contribution < -0.4 is 5.73 Å². The molecule has 0 saturated carbocycles. The zero-order chi connectivity index (χ0) is 13.5. The van der Waals surface area contributed by atoms with Gasteiger partial charge >= 0.3 is 0 Å². The summed E-state index contributed by atoms with van der Waals surface area (Å²) < 4.78 is 0.620. The number of carbonyl (C=O) groups excluding carboxylic acids is 1. The molecule has 0 aliphatic rings. The smallest absolute Gasteiger partial charge is 0.255 e. The lowest BCUT2D eigenvalue weighted by molar-refractivity contribution is 0.0718. The summed E-state index contributed by atoms with van der Waals surface area (Å²) in [6.45, 7) is 3.03. The molecule has 0 bridgehead atoms. The van der Waals surface area contributed by atoms with Crippen molar-refractivity contribution in [2.24, 2.45) is 0 Å². The second-order valence-corrected chi connectivity index (χ2v) is 4.87. The molecule has 18 heavy (non-hydrogen) atoms. The molecular weight excluding hydrogens is 296 g/mol. The summed E-state index contributed by atoms with van der Waals surface area (Å²) in [5, 5.41) is 9.03. The maximum Gasteiger partial charge on any atom is 0.255 e. The Morgan fingerprint density at radius 1 is 1.44 bits per heavy atom. The van der Waals surface area contributed by atoms with Gasteiger partial charge in [0.15, 0.2) is 0 Å². The Bertz CT molecular complexity index is 410. The van der Waals surface area contributed by atoms with Crippen LogP contribution in [0.2, 0.25) is 0 Å². The Hall–Kier alpha value is -1.07. The number of aliphatic hydroxyl groups is 1. The maximum absolute atomic E-state index is 12.3. The van der Waals surface area contributed by atoms with Crippen LogP contribution in [0.3, 0.4) is 0 Å². The van der Waals surface area contributed by atoms with Gasteiger partial charge in [0.1, 0.15) is 0 Å². The van der Waals surface area contributed by atoms with Crippen LogP contribution >= 0.6 is 15.9 Å². The van der Waals surface area contributed by atoms with Crippen molar-refractivity contribution in [2.75, 3.05) is 25.4 Å². The highest BCUT2D eigenvalue weighted by Crippen LogP contribution is 2.25. The van der Waals surface area contributed by atoms with Gasteiger partial charge in [0.05, 0.1) is 16.6 Å². The molecule has 5 heteroatoms. The molecule has 1 rings (SSSR count). The number of nitrogen functional groups attached to an aromatic ring is 1. The monoisotopic (exact) mass is 314 g/mol. The van der Waals surface area contributed by atoms with E-state index in [4.69, 9.17) is 10.8 Å². The molecule has 0 aliphatic carbocycles. The zero-order valence-electron chi connectivity index (χ0n) is 10.5. The van der Waals surface area contributed by atoms with Crippen molar-refractivity contribution in [3.05, 3.63) is 28.2 Å². The zero-order valence-corrected chi connectivity index (χ0v) is 12.1. The van der Waals surface area contributed by atoms with Gasteiger partial charge in [0.2, 0.25) is 0 Å². The molecule has 100 valence electrons. The van der Waals surface area contributed by atoms with Gasteiger partial charge in [-0.15, -0.1) is 0 Å². The molecule has 0 fully saturated rings. The van der Waals surface area contributed by atoms with Crippen LogP contribution in [-0.4, -0.2) is 35.6 Å². The van der Waals surface area contributed by atoms with Gasteiger partial charge in [-0.2, -0.15) is 0 Å². The first-order chi connectivity index (χ1) is 8.61. The molecule has 1 amide bonds. The lowest BCUT2D eigenvalue weighted by Gasteiger charge is -2.22. The molecule has 1 aromatic rings. The fraction of sp³-hybridized carbons (Fsp3) is 0.462. The van der Waals surface area contributed by atoms with E-state index in [-0.39, 0.29) is 12.5 Å². The van der Waals surface area contributed by atoms with E-state index in [0.29, 0.717) is 28.8 Å².